The monoisotopic (exact) mass is 186 g/mol. The Balaban J connectivity index is 0.000000671. The lowest BCUT2D eigenvalue weighted by atomic mass is 9.98. The van der Waals surface area contributed by atoms with Crippen molar-refractivity contribution >= 4 is 0 Å². The fourth-order valence-corrected chi connectivity index (χ4v) is 1.96. The highest BCUT2D eigenvalue weighted by Crippen LogP contribution is 2.18. The molecule has 1 saturated heterocycles. The highest BCUT2D eigenvalue weighted by Gasteiger charge is 2.30. The highest BCUT2D eigenvalue weighted by atomic mass is 15.3. The summed E-state index contributed by atoms with van der Waals surface area (Å²) >= 11 is 0. The van der Waals surface area contributed by atoms with Crippen LogP contribution in [0.1, 0.15) is 41.5 Å². The van der Waals surface area contributed by atoms with Crippen LogP contribution in [0.2, 0.25) is 0 Å². The van der Waals surface area contributed by atoms with E-state index in [1.165, 1.54) is 6.54 Å². The average molecular weight is 186 g/mol. The minimum atomic E-state index is 0.340. The van der Waals surface area contributed by atoms with E-state index in [1.54, 1.807) is 0 Å². The van der Waals surface area contributed by atoms with Gasteiger partial charge in [0.25, 0.3) is 0 Å². The van der Waals surface area contributed by atoms with E-state index in [4.69, 9.17) is 0 Å². The van der Waals surface area contributed by atoms with Gasteiger partial charge in [-0.2, -0.15) is 0 Å². The molecule has 0 bridgehead atoms. The van der Waals surface area contributed by atoms with Gasteiger partial charge in [0.05, 0.1) is 0 Å². The molecule has 1 fully saturated rings. The molecule has 0 unspecified atom stereocenters. The van der Waals surface area contributed by atoms with Gasteiger partial charge in [0.1, 0.15) is 0 Å². The number of nitrogens with zero attached hydrogens (tertiary/aromatic N) is 1. The van der Waals surface area contributed by atoms with Crippen LogP contribution in [-0.4, -0.2) is 36.1 Å². The van der Waals surface area contributed by atoms with Gasteiger partial charge in [-0.15, -0.1) is 0 Å². The molecule has 80 valence electrons. The summed E-state index contributed by atoms with van der Waals surface area (Å²) < 4.78 is 0. The second-order valence-corrected chi connectivity index (χ2v) is 4.28. The average Bonchev–Trinajstić information content (AvgIpc) is 2.06. The Morgan fingerprint density at radius 1 is 1.23 bits per heavy atom. The third kappa shape index (κ3) is 3.65. The fourth-order valence-electron chi connectivity index (χ4n) is 1.96. The first-order valence-corrected chi connectivity index (χ1v) is 5.51. The van der Waals surface area contributed by atoms with Crippen molar-refractivity contribution in [3.63, 3.8) is 0 Å². The number of piperazine rings is 1. The Bertz CT molecular complexity index is 130. The smallest absolute Gasteiger partial charge is 0.0280 e. The maximum absolute atomic E-state index is 3.42. The molecule has 0 aromatic rings. The quantitative estimate of drug-likeness (QED) is 0.674. The molecule has 0 saturated carbocycles. The molecule has 0 amide bonds. The molecule has 1 N–H and O–H groups in total. The second-order valence-electron chi connectivity index (χ2n) is 4.28. The van der Waals surface area contributed by atoms with Crippen LogP contribution in [0, 0.1) is 0 Å². The summed E-state index contributed by atoms with van der Waals surface area (Å²) in [7, 11) is 0. The first-order chi connectivity index (χ1) is 6.04. The number of nitrogens with one attached hydrogen (secondary N) is 1. The van der Waals surface area contributed by atoms with Gasteiger partial charge in [0.2, 0.25) is 0 Å². The topological polar surface area (TPSA) is 15.3 Å². The van der Waals surface area contributed by atoms with Crippen LogP contribution in [0.15, 0.2) is 0 Å². The van der Waals surface area contributed by atoms with Crippen LogP contribution in [0.4, 0.5) is 0 Å². The Kier molecular flexibility index (Phi) is 5.57. The van der Waals surface area contributed by atoms with Crippen molar-refractivity contribution in [1.29, 1.82) is 0 Å². The molecule has 2 heteroatoms. The predicted octanol–water partition coefficient (Wildman–Crippen LogP) is 2.10. The van der Waals surface area contributed by atoms with Crippen LogP contribution in [-0.2, 0) is 0 Å². The largest absolute Gasteiger partial charge is 0.314 e. The number of rotatable bonds is 1. The minimum absolute atomic E-state index is 0.340. The van der Waals surface area contributed by atoms with E-state index in [9.17, 15) is 0 Å². The van der Waals surface area contributed by atoms with E-state index in [2.05, 4.69) is 37.9 Å². The van der Waals surface area contributed by atoms with Crippen molar-refractivity contribution in [3.8, 4) is 0 Å². The summed E-state index contributed by atoms with van der Waals surface area (Å²) in [6.45, 7) is 16.6. The van der Waals surface area contributed by atoms with Crippen molar-refractivity contribution in [2.24, 2.45) is 0 Å². The first-order valence-electron chi connectivity index (χ1n) is 5.51. The molecule has 2 nitrogen and oxygen atoms in total. The van der Waals surface area contributed by atoms with Crippen LogP contribution in [0.5, 0.6) is 0 Å². The lowest BCUT2D eigenvalue weighted by molar-refractivity contribution is 0.0595. The molecule has 0 aliphatic carbocycles. The van der Waals surface area contributed by atoms with Crippen LogP contribution < -0.4 is 5.32 Å². The van der Waals surface area contributed by atoms with E-state index in [1.807, 2.05) is 13.8 Å². The molecule has 1 heterocycles. The van der Waals surface area contributed by atoms with E-state index in [0.29, 0.717) is 11.6 Å². The summed E-state index contributed by atoms with van der Waals surface area (Å²) in [6, 6.07) is 0.673. The summed E-state index contributed by atoms with van der Waals surface area (Å²) in [5, 5.41) is 3.42. The van der Waals surface area contributed by atoms with Gasteiger partial charge in [0.15, 0.2) is 0 Å². The normalized spacial score (nSPS) is 22.4. The van der Waals surface area contributed by atoms with Gasteiger partial charge < -0.3 is 5.32 Å². The predicted molar refractivity (Wildman–Crippen MR) is 60.1 cm³/mol. The molecule has 0 radical (unpaired) electrons. The molecular weight excluding hydrogens is 160 g/mol. The van der Waals surface area contributed by atoms with Crippen molar-refractivity contribution in [2.45, 2.75) is 53.1 Å². The summed E-state index contributed by atoms with van der Waals surface area (Å²) in [5.74, 6) is 0. The maximum atomic E-state index is 3.42. The zero-order valence-electron chi connectivity index (χ0n) is 10.1. The summed E-state index contributed by atoms with van der Waals surface area (Å²) in [5.41, 5.74) is 0.340. The molecule has 0 aromatic carbocycles. The zero-order chi connectivity index (χ0) is 10.5. The van der Waals surface area contributed by atoms with Crippen molar-refractivity contribution in [1.82, 2.24) is 10.2 Å². The van der Waals surface area contributed by atoms with Crippen LogP contribution >= 0.6 is 0 Å². The zero-order valence-corrected chi connectivity index (χ0v) is 10.1. The second kappa shape index (κ2) is 5.61. The lowest BCUT2D eigenvalue weighted by Gasteiger charge is -2.45. The fraction of sp³-hybridized carbons (Fsp3) is 1.00. The van der Waals surface area contributed by atoms with Gasteiger partial charge in [-0.25, -0.2) is 0 Å². The van der Waals surface area contributed by atoms with E-state index >= 15 is 0 Å². The van der Waals surface area contributed by atoms with Crippen molar-refractivity contribution < 1.29 is 0 Å². The first kappa shape index (κ1) is 12.9. The minimum Gasteiger partial charge on any atom is -0.314 e. The Morgan fingerprint density at radius 3 is 2.08 bits per heavy atom. The van der Waals surface area contributed by atoms with Gasteiger partial charge in [-0.05, 0) is 27.7 Å². The van der Waals surface area contributed by atoms with Crippen LogP contribution in [0.3, 0.4) is 0 Å². The lowest BCUT2D eigenvalue weighted by Crippen LogP contribution is -2.59. The number of hydrogen-bond acceptors (Lipinski definition) is 2. The molecule has 0 atom stereocenters. The summed E-state index contributed by atoms with van der Waals surface area (Å²) in [4.78, 5) is 2.56. The van der Waals surface area contributed by atoms with Gasteiger partial charge >= 0.3 is 0 Å². The van der Waals surface area contributed by atoms with Crippen LogP contribution in [0.25, 0.3) is 0 Å². The molecule has 0 spiro atoms. The SMILES string of the molecule is CC.CC(C)N1CCNCC1(C)C. The Labute approximate surface area is 83.7 Å². The Morgan fingerprint density at radius 2 is 1.77 bits per heavy atom. The van der Waals surface area contributed by atoms with E-state index < -0.39 is 0 Å². The molecule has 1 aliphatic heterocycles. The van der Waals surface area contributed by atoms with E-state index in [0.717, 1.165) is 13.1 Å². The van der Waals surface area contributed by atoms with Crippen molar-refractivity contribution in [3.05, 3.63) is 0 Å². The molecular formula is C11H26N2. The molecule has 0 aromatic heterocycles. The third-order valence-corrected chi connectivity index (χ3v) is 2.49. The highest BCUT2D eigenvalue weighted by molar-refractivity contribution is 4.89. The molecule has 1 aliphatic rings. The molecule has 1 rings (SSSR count). The number of hydrogen-bond donors (Lipinski definition) is 1. The molecule has 13 heavy (non-hydrogen) atoms. The standard InChI is InChI=1S/C9H20N2.C2H6/c1-8(2)11-6-5-10-7-9(11,3)4;1-2/h8,10H,5-7H2,1-4H3;1-2H3. The van der Waals surface area contributed by atoms with Gasteiger partial charge in [0, 0.05) is 31.2 Å². The van der Waals surface area contributed by atoms with Gasteiger partial charge in [-0.3, -0.25) is 4.90 Å². The Hall–Kier alpha value is -0.0800. The van der Waals surface area contributed by atoms with E-state index in [-0.39, 0.29) is 0 Å². The summed E-state index contributed by atoms with van der Waals surface area (Å²) in [6.07, 6.45) is 0. The van der Waals surface area contributed by atoms with Crippen molar-refractivity contribution in [2.75, 3.05) is 19.6 Å². The third-order valence-electron chi connectivity index (χ3n) is 2.49. The maximum Gasteiger partial charge on any atom is 0.0280 e. The van der Waals surface area contributed by atoms with Gasteiger partial charge in [-0.1, -0.05) is 13.8 Å².